The third-order valence-corrected chi connectivity index (χ3v) is 4.86. The number of halogens is 4. The second-order valence-corrected chi connectivity index (χ2v) is 7.99. The van der Waals surface area contributed by atoms with Crippen LogP contribution in [-0.4, -0.2) is 53.9 Å². The molecule has 0 aliphatic heterocycles. The number of aromatic nitrogens is 2. The summed E-state index contributed by atoms with van der Waals surface area (Å²) in [6, 6.07) is 13.6. The van der Waals surface area contributed by atoms with Gasteiger partial charge in [-0.3, -0.25) is 10.1 Å². The molecule has 190 valence electrons. The Morgan fingerprint density at radius 1 is 0.917 bits per heavy atom. The lowest BCUT2D eigenvalue weighted by atomic mass is 10.0. The van der Waals surface area contributed by atoms with Crippen LogP contribution in [0.25, 0.3) is 0 Å². The third-order valence-electron chi connectivity index (χ3n) is 4.86. The van der Waals surface area contributed by atoms with Gasteiger partial charge in [0.25, 0.3) is 0 Å². The van der Waals surface area contributed by atoms with Crippen molar-refractivity contribution in [2.24, 2.45) is 0 Å². The minimum absolute atomic E-state index is 0.156. The van der Waals surface area contributed by atoms with Crippen LogP contribution in [0.4, 0.5) is 39.8 Å². The van der Waals surface area contributed by atoms with Gasteiger partial charge >= 0.3 is 12.2 Å². The van der Waals surface area contributed by atoms with E-state index in [0.29, 0.717) is 24.1 Å². The number of nitrogens with one attached hydrogen (secondary N) is 3. The maximum Gasteiger partial charge on any atom is 0.436 e. The zero-order chi connectivity index (χ0) is 26.3. The Hall–Kier alpha value is -4.06. The summed E-state index contributed by atoms with van der Waals surface area (Å²) >= 11 is 0. The van der Waals surface area contributed by atoms with Crippen LogP contribution >= 0.6 is 0 Å². The minimum Gasteiger partial charge on any atom is -0.367 e. The van der Waals surface area contributed by atoms with Crippen LogP contribution in [0.15, 0.2) is 54.6 Å². The average molecular weight is 504 g/mol. The molecule has 3 N–H and O–H groups in total. The van der Waals surface area contributed by atoms with E-state index in [2.05, 4.69) is 25.9 Å². The van der Waals surface area contributed by atoms with E-state index in [1.807, 2.05) is 19.0 Å². The smallest absolute Gasteiger partial charge is 0.367 e. The summed E-state index contributed by atoms with van der Waals surface area (Å²) in [5.74, 6) is -3.27. The van der Waals surface area contributed by atoms with Gasteiger partial charge in [-0.1, -0.05) is 30.3 Å². The standard InChI is InChI=1S/C24H24F4N6O2/c1-34(2)14-6-13-29-21-18(25)20(24(26,27)28)31-22(32-21)33-23(36)30-17-11-9-16(10-12-17)19(35)15-7-4-3-5-8-15/h3-5,7-12H,6,13-14H2,1-2H3,(H3,29,30,31,32,33,36). The maximum atomic E-state index is 14.4. The number of anilines is 3. The van der Waals surface area contributed by atoms with Crippen LogP contribution in [0.5, 0.6) is 0 Å². The molecule has 0 atom stereocenters. The normalized spacial score (nSPS) is 11.3. The number of hydrogen-bond acceptors (Lipinski definition) is 6. The van der Waals surface area contributed by atoms with Crippen molar-refractivity contribution in [3.05, 3.63) is 77.2 Å². The molecule has 3 rings (SSSR count). The summed E-state index contributed by atoms with van der Waals surface area (Å²) in [4.78, 5) is 33.5. The molecule has 0 aliphatic carbocycles. The molecular weight excluding hydrogens is 480 g/mol. The van der Waals surface area contributed by atoms with Crippen molar-refractivity contribution in [3.63, 3.8) is 0 Å². The molecule has 2 aromatic carbocycles. The Morgan fingerprint density at radius 2 is 1.56 bits per heavy atom. The van der Waals surface area contributed by atoms with Gasteiger partial charge in [0, 0.05) is 23.4 Å². The van der Waals surface area contributed by atoms with Crippen LogP contribution in [0.2, 0.25) is 0 Å². The molecule has 12 heteroatoms. The summed E-state index contributed by atoms with van der Waals surface area (Å²) < 4.78 is 54.2. The Morgan fingerprint density at radius 3 is 2.17 bits per heavy atom. The largest absolute Gasteiger partial charge is 0.436 e. The number of benzene rings is 2. The number of carbonyl (C=O) groups is 2. The van der Waals surface area contributed by atoms with Gasteiger partial charge in [0.15, 0.2) is 23.1 Å². The zero-order valence-corrected chi connectivity index (χ0v) is 19.5. The minimum atomic E-state index is -5.10. The molecule has 0 unspecified atom stereocenters. The highest BCUT2D eigenvalue weighted by Crippen LogP contribution is 2.32. The second kappa shape index (κ2) is 11.6. The molecule has 2 amide bonds. The molecule has 1 heterocycles. The first-order chi connectivity index (χ1) is 17.0. The van der Waals surface area contributed by atoms with Gasteiger partial charge in [0.1, 0.15) is 0 Å². The summed E-state index contributed by atoms with van der Waals surface area (Å²) in [6.45, 7) is 0.776. The van der Waals surface area contributed by atoms with Crippen molar-refractivity contribution in [2.45, 2.75) is 12.6 Å². The molecule has 8 nitrogen and oxygen atoms in total. The number of carbonyl (C=O) groups excluding carboxylic acids is 2. The lowest BCUT2D eigenvalue weighted by molar-refractivity contribution is -0.143. The van der Waals surface area contributed by atoms with E-state index in [9.17, 15) is 27.2 Å². The van der Waals surface area contributed by atoms with Crippen molar-refractivity contribution in [1.82, 2.24) is 14.9 Å². The quantitative estimate of drug-likeness (QED) is 0.218. The SMILES string of the molecule is CN(C)CCCNc1nc(NC(=O)Nc2ccc(C(=O)c3ccccc3)cc2)nc(C(F)(F)F)c1F. The van der Waals surface area contributed by atoms with Crippen LogP contribution in [0.3, 0.4) is 0 Å². The van der Waals surface area contributed by atoms with E-state index in [0.717, 1.165) is 0 Å². The number of hydrogen-bond donors (Lipinski definition) is 3. The first-order valence-electron chi connectivity index (χ1n) is 10.9. The first-order valence-corrected chi connectivity index (χ1v) is 10.9. The highest BCUT2D eigenvalue weighted by Gasteiger charge is 2.38. The van der Waals surface area contributed by atoms with Crippen molar-refractivity contribution >= 4 is 29.3 Å². The van der Waals surface area contributed by atoms with Gasteiger partial charge in [-0.05, 0) is 51.3 Å². The molecule has 0 bridgehead atoms. The van der Waals surface area contributed by atoms with E-state index in [4.69, 9.17) is 0 Å². The highest BCUT2D eigenvalue weighted by atomic mass is 19.4. The average Bonchev–Trinajstić information content (AvgIpc) is 2.83. The highest BCUT2D eigenvalue weighted by molar-refractivity contribution is 6.09. The second-order valence-electron chi connectivity index (χ2n) is 7.99. The zero-order valence-electron chi connectivity index (χ0n) is 19.5. The molecule has 0 spiro atoms. The Labute approximate surface area is 204 Å². The number of rotatable bonds is 9. The Kier molecular flexibility index (Phi) is 8.54. The van der Waals surface area contributed by atoms with E-state index in [1.165, 1.54) is 24.3 Å². The van der Waals surface area contributed by atoms with Gasteiger partial charge in [-0.15, -0.1) is 0 Å². The van der Waals surface area contributed by atoms with Crippen molar-refractivity contribution in [2.75, 3.05) is 43.1 Å². The number of alkyl halides is 3. The summed E-state index contributed by atoms with van der Waals surface area (Å²) in [6.07, 6.45) is -4.58. The van der Waals surface area contributed by atoms with Gasteiger partial charge in [-0.2, -0.15) is 18.2 Å². The van der Waals surface area contributed by atoms with E-state index < -0.39 is 35.5 Å². The third kappa shape index (κ3) is 7.22. The molecule has 3 aromatic rings. The number of amides is 2. The predicted octanol–water partition coefficient (Wildman–Crippen LogP) is 4.87. The molecule has 0 saturated carbocycles. The van der Waals surface area contributed by atoms with Gasteiger partial charge in [-0.25, -0.2) is 14.2 Å². The lowest BCUT2D eigenvalue weighted by Crippen LogP contribution is -2.24. The molecule has 0 saturated heterocycles. The molecular formula is C24H24F4N6O2. The van der Waals surface area contributed by atoms with E-state index >= 15 is 0 Å². The summed E-state index contributed by atoms with van der Waals surface area (Å²) in [5, 5.41) is 7.02. The van der Waals surface area contributed by atoms with E-state index in [-0.39, 0.29) is 18.0 Å². The Bertz CT molecular complexity index is 1200. The van der Waals surface area contributed by atoms with Crippen molar-refractivity contribution < 1.29 is 27.2 Å². The summed E-state index contributed by atoms with van der Waals surface area (Å²) in [7, 11) is 3.64. The molecule has 1 aromatic heterocycles. The molecule has 0 radical (unpaired) electrons. The van der Waals surface area contributed by atoms with E-state index in [1.54, 1.807) is 30.3 Å². The van der Waals surface area contributed by atoms with Crippen LogP contribution in [0.1, 0.15) is 28.0 Å². The Balaban J connectivity index is 1.70. The fourth-order valence-corrected chi connectivity index (χ4v) is 3.14. The maximum absolute atomic E-state index is 14.4. The monoisotopic (exact) mass is 504 g/mol. The van der Waals surface area contributed by atoms with Gasteiger partial charge in [0.05, 0.1) is 0 Å². The van der Waals surface area contributed by atoms with Gasteiger partial charge < -0.3 is 15.5 Å². The number of ketones is 1. The lowest BCUT2D eigenvalue weighted by Gasteiger charge is -2.15. The van der Waals surface area contributed by atoms with Crippen LogP contribution in [0, 0.1) is 5.82 Å². The molecule has 0 fully saturated rings. The molecule has 36 heavy (non-hydrogen) atoms. The number of urea groups is 1. The van der Waals surface area contributed by atoms with Crippen LogP contribution in [-0.2, 0) is 6.18 Å². The topological polar surface area (TPSA) is 99.2 Å². The summed E-state index contributed by atoms with van der Waals surface area (Å²) in [5.41, 5.74) is -0.658. The van der Waals surface area contributed by atoms with Gasteiger partial charge in [0.2, 0.25) is 5.95 Å². The fourth-order valence-electron chi connectivity index (χ4n) is 3.14. The molecule has 0 aliphatic rings. The number of nitrogens with zero attached hydrogens (tertiary/aromatic N) is 3. The first kappa shape index (κ1) is 26.5. The van der Waals surface area contributed by atoms with Crippen molar-refractivity contribution in [1.29, 1.82) is 0 Å². The fraction of sp³-hybridized carbons (Fsp3) is 0.250. The van der Waals surface area contributed by atoms with Crippen molar-refractivity contribution in [3.8, 4) is 0 Å². The van der Waals surface area contributed by atoms with Crippen LogP contribution < -0.4 is 16.0 Å². The predicted molar refractivity (Wildman–Crippen MR) is 128 cm³/mol.